The van der Waals surface area contributed by atoms with Crippen LogP contribution in [0.15, 0.2) is 24.3 Å². The molecule has 4 saturated heterocycles. The lowest BCUT2D eigenvalue weighted by molar-refractivity contribution is -0.171. The molecule has 4 aliphatic heterocycles. The van der Waals surface area contributed by atoms with Gasteiger partial charge in [-0.1, -0.05) is 6.07 Å². The van der Waals surface area contributed by atoms with Gasteiger partial charge < -0.3 is 19.1 Å². The minimum absolute atomic E-state index is 0.0551. The minimum atomic E-state index is 0.0551. The number of amides is 1. The van der Waals surface area contributed by atoms with Crippen LogP contribution in [-0.4, -0.2) is 104 Å². The Balaban J connectivity index is 1.34. The highest BCUT2D eigenvalue weighted by atomic mass is 16.5. The first-order valence-corrected chi connectivity index (χ1v) is 10.8. The zero-order chi connectivity index (χ0) is 19.8. The Hall–Kier alpha value is -1.67. The molecule has 0 bridgehead atoms. The summed E-state index contributed by atoms with van der Waals surface area (Å²) in [6, 6.07) is 8.40. The van der Waals surface area contributed by atoms with Crippen molar-refractivity contribution >= 4 is 5.91 Å². The first-order chi connectivity index (χ1) is 14.2. The van der Waals surface area contributed by atoms with E-state index in [0.29, 0.717) is 18.2 Å². The van der Waals surface area contributed by atoms with Gasteiger partial charge in [-0.2, -0.15) is 0 Å². The fourth-order valence-corrected chi connectivity index (χ4v) is 5.59. The van der Waals surface area contributed by atoms with Crippen LogP contribution in [0.5, 0.6) is 5.75 Å². The number of hydrogen-bond donors (Lipinski definition) is 0. The second kappa shape index (κ2) is 7.87. The van der Waals surface area contributed by atoms with Gasteiger partial charge in [-0.15, -0.1) is 0 Å². The van der Waals surface area contributed by atoms with Crippen molar-refractivity contribution < 1.29 is 19.0 Å². The van der Waals surface area contributed by atoms with Gasteiger partial charge in [-0.25, -0.2) is 0 Å². The van der Waals surface area contributed by atoms with Crippen LogP contribution in [0.1, 0.15) is 23.2 Å². The molecule has 0 aliphatic carbocycles. The molecule has 1 spiro atoms. The Morgan fingerprint density at radius 1 is 1.10 bits per heavy atom. The lowest BCUT2D eigenvalue weighted by atomic mass is 9.80. The van der Waals surface area contributed by atoms with Crippen molar-refractivity contribution in [2.24, 2.45) is 0 Å². The number of ether oxygens (including phenoxy) is 3. The van der Waals surface area contributed by atoms with Gasteiger partial charge in [0.2, 0.25) is 0 Å². The molecule has 1 aromatic rings. The summed E-state index contributed by atoms with van der Waals surface area (Å²) in [7, 11) is 1.63. The fourth-order valence-electron chi connectivity index (χ4n) is 5.59. The van der Waals surface area contributed by atoms with Crippen molar-refractivity contribution in [2.75, 3.05) is 66.3 Å². The molecular weight excluding hydrogens is 370 g/mol. The molecule has 0 radical (unpaired) electrons. The molecule has 1 atom stereocenters. The van der Waals surface area contributed by atoms with Crippen molar-refractivity contribution in [3.8, 4) is 5.75 Å². The Morgan fingerprint density at radius 3 is 2.72 bits per heavy atom. The Bertz CT molecular complexity index is 745. The smallest absolute Gasteiger partial charge is 0.254 e. The predicted octanol–water partition coefficient (Wildman–Crippen LogP) is 1.09. The van der Waals surface area contributed by atoms with Crippen molar-refractivity contribution in [2.45, 2.75) is 30.5 Å². The topological polar surface area (TPSA) is 54.5 Å². The maximum absolute atomic E-state index is 13.3. The summed E-state index contributed by atoms with van der Waals surface area (Å²) in [5.41, 5.74) is 0.754. The average molecular weight is 402 g/mol. The summed E-state index contributed by atoms with van der Waals surface area (Å²) in [5.74, 6) is 0.817. The number of methoxy groups -OCH3 is 1. The zero-order valence-electron chi connectivity index (χ0n) is 17.2. The standard InChI is InChI=1S/C22H31N3O4/c1-27-20-4-2-3-17(11-20)21(26)23-12-19-13-29-10-7-25(19)22(14-23)15-24(16-22)18-5-8-28-9-6-18/h2-4,11,18-19H,5-10,12-16H2,1H3. The van der Waals surface area contributed by atoms with Gasteiger partial charge in [0.25, 0.3) is 5.91 Å². The van der Waals surface area contributed by atoms with Gasteiger partial charge in [-0.05, 0) is 31.0 Å². The van der Waals surface area contributed by atoms with E-state index >= 15 is 0 Å². The van der Waals surface area contributed by atoms with Gasteiger partial charge in [0.15, 0.2) is 0 Å². The number of rotatable bonds is 3. The summed E-state index contributed by atoms with van der Waals surface area (Å²) in [6.45, 7) is 7.80. The number of nitrogens with zero attached hydrogens (tertiary/aromatic N) is 3. The SMILES string of the molecule is COc1cccc(C(=O)N2CC3COCCN3C3(C2)CN(C2CCOCC2)C3)c1. The summed E-state index contributed by atoms with van der Waals surface area (Å²) < 4.78 is 16.6. The maximum atomic E-state index is 13.3. The van der Waals surface area contributed by atoms with Crippen molar-refractivity contribution in [3.63, 3.8) is 0 Å². The molecule has 7 heteroatoms. The second-order valence-corrected chi connectivity index (χ2v) is 8.81. The van der Waals surface area contributed by atoms with Gasteiger partial charge in [-0.3, -0.25) is 14.6 Å². The Kier molecular flexibility index (Phi) is 5.24. The highest BCUT2D eigenvalue weighted by Crippen LogP contribution is 2.38. The molecule has 4 heterocycles. The lowest BCUT2D eigenvalue weighted by Gasteiger charge is -2.64. The molecule has 29 heavy (non-hydrogen) atoms. The van der Waals surface area contributed by atoms with Crippen LogP contribution in [0, 0.1) is 0 Å². The molecule has 1 unspecified atom stereocenters. The monoisotopic (exact) mass is 401 g/mol. The van der Waals surface area contributed by atoms with Crippen LogP contribution in [0.2, 0.25) is 0 Å². The summed E-state index contributed by atoms with van der Waals surface area (Å²) >= 11 is 0. The number of hydrogen-bond acceptors (Lipinski definition) is 6. The molecule has 0 saturated carbocycles. The highest BCUT2D eigenvalue weighted by molar-refractivity contribution is 5.94. The Morgan fingerprint density at radius 2 is 1.93 bits per heavy atom. The third-order valence-electron chi connectivity index (χ3n) is 7.06. The highest BCUT2D eigenvalue weighted by Gasteiger charge is 2.56. The number of morpholine rings is 1. The lowest BCUT2D eigenvalue weighted by Crippen LogP contribution is -2.81. The number of carbonyl (C=O) groups excluding carboxylic acids is 1. The van der Waals surface area contributed by atoms with Crippen molar-refractivity contribution in [1.82, 2.24) is 14.7 Å². The normalized spacial score (nSPS) is 28.0. The molecule has 0 N–H and O–H groups in total. The van der Waals surface area contributed by atoms with Crippen LogP contribution in [0.3, 0.4) is 0 Å². The third-order valence-corrected chi connectivity index (χ3v) is 7.06. The molecule has 5 rings (SSSR count). The molecule has 4 aliphatic rings. The van der Waals surface area contributed by atoms with E-state index < -0.39 is 0 Å². The summed E-state index contributed by atoms with van der Waals surface area (Å²) in [6.07, 6.45) is 2.24. The van der Waals surface area contributed by atoms with Crippen molar-refractivity contribution in [1.29, 1.82) is 0 Å². The number of carbonyl (C=O) groups is 1. The first-order valence-electron chi connectivity index (χ1n) is 10.8. The van der Waals surface area contributed by atoms with E-state index in [4.69, 9.17) is 14.2 Å². The zero-order valence-corrected chi connectivity index (χ0v) is 17.2. The molecule has 4 fully saturated rings. The van der Waals surface area contributed by atoms with E-state index in [1.165, 1.54) is 0 Å². The molecule has 0 aromatic heterocycles. The van der Waals surface area contributed by atoms with E-state index in [1.807, 2.05) is 29.2 Å². The largest absolute Gasteiger partial charge is 0.497 e. The van der Waals surface area contributed by atoms with Crippen molar-refractivity contribution in [3.05, 3.63) is 29.8 Å². The van der Waals surface area contributed by atoms with Gasteiger partial charge in [0, 0.05) is 57.5 Å². The van der Waals surface area contributed by atoms with E-state index in [9.17, 15) is 4.79 Å². The van der Waals surface area contributed by atoms with Crippen LogP contribution >= 0.6 is 0 Å². The second-order valence-electron chi connectivity index (χ2n) is 8.81. The fraction of sp³-hybridized carbons (Fsp3) is 0.682. The number of piperazine rings is 1. The summed E-state index contributed by atoms with van der Waals surface area (Å²) in [4.78, 5) is 20.6. The minimum Gasteiger partial charge on any atom is -0.497 e. The average Bonchev–Trinajstić information content (AvgIpc) is 2.76. The van der Waals surface area contributed by atoms with E-state index in [-0.39, 0.29) is 17.5 Å². The van der Waals surface area contributed by atoms with E-state index in [1.54, 1.807) is 7.11 Å². The van der Waals surface area contributed by atoms with E-state index in [0.717, 1.165) is 71.1 Å². The van der Waals surface area contributed by atoms with Crippen LogP contribution in [0.4, 0.5) is 0 Å². The van der Waals surface area contributed by atoms with Crippen LogP contribution in [-0.2, 0) is 9.47 Å². The molecular formula is C22H31N3O4. The van der Waals surface area contributed by atoms with Gasteiger partial charge in [0.05, 0.1) is 31.9 Å². The maximum Gasteiger partial charge on any atom is 0.254 e. The van der Waals surface area contributed by atoms with Crippen LogP contribution in [0.25, 0.3) is 0 Å². The number of likely N-dealkylation sites (tertiary alicyclic amines) is 1. The molecule has 158 valence electrons. The Labute approximate surface area is 172 Å². The first kappa shape index (κ1) is 19.3. The molecule has 7 nitrogen and oxygen atoms in total. The number of fused-ring (bicyclic) bond motifs is 2. The molecule has 1 aromatic carbocycles. The summed E-state index contributed by atoms with van der Waals surface area (Å²) in [5, 5.41) is 0. The van der Waals surface area contributed by atoms with Crippen LogP contribution < -0.4 is 4.74 Å². The molecule has 1 amide bonds. The third kappa shape index (κ3) is 3.54. The quantitative estimate of drug-likeness (QED) is 0.756. The van der Waals surface area contributed by atoms with Gasteiger partial charge >= 0.3 is 0 Å². The number of benzene rings is 1. The van der Waals surface area contributed by atoms with E-state index in [2.05, 4.69) is 9.80 Å². The predicted molar refractivity (Wildman–Crippen MR) is 108 cm³/mol. The van der Waals surface area contributed by atoms with Gasteiger partial charge in [0.1, 0.15) is 5.75 Å².